The number of aryl methyl sites for hydroxylation is 2. The van der Waals surface area contributed by atoms with Crippen molar-refractivity contribution in [3.63, 3.8) is 0 Å². The molecule has 0 bridgehead atoms. The second-order valence-corrected chi connectivity index (χ2v) is 4.30. The van der Waals surface area contributed by atoms with E-state index in [0.717, 1.165) is 5.56 Å². The quantitative estimate of drug-likeness (QED) is 0.903. The molecule has 0 saturated carbocycles. The highest BCUT2D eigenvalue weighted by Gasteiger charge is 2.10. The molecule has 1 heterocycles. The van der Waals surface area contributed by atoms with Gasteiger partial charge in [-0.25, -0.2) is 14.4 Å². The first-order chi connectivity index (χ1) is 8.60. The van der Waals surface area contributed by atoms with E-state index >= 15 is 0 Å². The van der Waals surface area contributed by atoms with Crippen molar-refractivity contribution < 1.29 is 4.39 Å². The molecule has 2 rings (SSSR count). The molecule has 0 spiro atoms. The lowest BCUT2D eigenvalue weighted by Gasteiger charge is -2.07. The van der Waals surface area contributed by atoms with Crippen molar-refractivity contribution in [2.45, 2.75) is 20.3 Å². The largest absolute Gasteiger partial charge is 0.371 e. The Morgan fingerprint density at radius 2 is 2.00 bits per heavy atom. The molecule has 1 N–H and O–H groups in total. The summed E-state index contributed by atoms with van der Waals surface area (Å²) in [5.41, 5.74) is 2.69. The first-order valence-electron chi connectivity index (χ1n) is 5.86. The number of halogens is 1. The summed E-state index contributed by atoms with van der Waals surface area (Å²) in [5.74, 6) is 0.500. The van der Waals surface area contributed by atoms with E-state index in [1.165, 1.54) is 5.56 Å². The Morgan fingerprint density at radius 1 is 1.22 bits per heavy atom. The van der Waals surface area contributed by atoms with Crippen LogP contribution in [0.15, 0.2) is 24.3 Å². The summed E-state index contributed by atoms with van der Waals surface area (Å²) in [6.07, 6.45) is 0.609. The first kappa shape index (κ1) is 12.5. The third kappa shape index (κ3) is 2.64. The van der Waals surface area contributed by atoms with Crippen LogP contribution in [-0.2, 0) is 6.42 Å². The van der Waals surface area contributed by atoms with Gasteiger partial charge in [-0.3, -0.25) is 0 Å². The Morgan fingerprint density at radius 3 is 2.67 bits per heavy atom. The van der Waals surface area contributed by atoms with E-state index < -0.39 is 0 Å². The maximum Gasteiger partial charge on any atom is 0.186 e. The lowest BCUT2D eigenvalue weighted by molar-refractivity contribution is 0.602. The van der Waals surface area contributed by atoms with Gasteiger partial charge in [-0.2, -0.15) is 0 Å². The lowest BCUT2D eigenvalue weighted by atomic mass is 10.1. The molecule has 3 nitrogen and oxygen atoms in total. The minimum atomic E-state index is -0.384. The van der Waals surface area contributed by atoms with Gasteiger partial charge in [-0.15, -0.1) is 0 Å². The van der Waals surface area contributed by atoms with Crippen LogP contribution in [0.1, 0.15) is 22.6 Å². The van der Waals surface area contributed by atoms with Gasteiger partial charge in [-0.1, -0.05) is 29.8 Å². The molecule has 0 saturated heterocycles. The van der Waals surface area contributed by atoms with Gasteiger partial charge in [0, 0.05) is 13.5 Å². The van der Waals surface area contributed by atoms with Gasteiger partial charge in [-0.05, 0) is 19.4 Å². The van der Waals surface area contributed by atoms with Crippen molar-refractivity contribution in [2.24, 2.45) is 0 Å². The van der Waals surface area contributed by atoms with Crippen molar-refractivity contribution >= 4 is 5.82 Å². The number of nitrogens with zero attached hydrogens (tertiary/aromatic N) is 2. The van der Waals surface area contributed by atoms with E-state index in [1.807, 2.05) is 25.1 Å². The summed E-state index contributed by atoms with van der Waals surface area (Å²) in [5, 5.41) is 2.75. The zero-order chi connectivity index (χ0) is 13.1. The summed E-state index contributed by atoms with van der Waals surface area (Å²) in [6, 6.07) is 8.15. The molecular formula is C14H16FN3. The molecule has 4 heteroatoms. The van der Waals surface area contributed by atoms with Gasteiger partial charge in [0.2, 0.25) is 0 Å². The van der Waals surface area contributed by atoms with Crippen LogP contribution >= 0.6 is 0 Å². The summed E-state index contributed by atoms with van der Waals surface area (Å²) >= 11 is 0. The number of benzene rings is 1. The van der Waals surface area contributed by atoms with Gasteiger partial charge in [0.15, 0.2) is 11.6 Å². The predicted octanol–water partition coefficient (Wildman–Crippen LogP) is 2.87. The van der Waals surface area contributed by atoms with Crippen molar-refractivity contribution in [3.05, 3.63) is 52.7 Å². The fraction of sp³-hybridized carbons (Fsp3) is 0.286. The number of nitrogens with one attached hydrogen (secondary N) is 1. The fourth-order valence-electron chi connectivity index (χ4n) is 1.87. The SMILES string of the molecule is CNc1nc(Cc2cccc(C)c2)nc(C)c1F. The van der Waals surface area contributed by atoms with E-state index in [1.54, 1.807) is 14.0 Å². The Bertz CT molecular complexity index is 567. The molecule has 18 heavy (non-hydrogen) atoms. The molecule has 0 radical (unpaired) electrons. The molecule has 94 valence electrons. The topological polar surface area (TPSA) is 37.8 Å². The molecule has 0 unspecified atom stereocenters. The van der Waals surface area contributed by atoms with E-state index in [2.05, 4.69) is 21.4 Å². The van der Waals surface area contributed by atoms with Gasteiger partial charge in [0.25, 0.3) is 0 Å². The molecule has 2 aromatic rings. The van der Waals surface area contributed by atoms with Crippen LogP contribution in [0.25, 0.3) is 0 Å². The third-order valence-corrected chi connectivity index (χ3v) is 2.74. The van der Waals surface area contributed by atoms with E-state index in [-0.39, 0.29) is 11.6 Å². The maximum absolute atomic E-state index is 13.6. The Balaban J connectivity index is 2.32. The standard InChI is InChI=1S/C14H16FN3/c1-9-5-4-6-11(7-9)8-12-17-10(2)13(15)14(16-3)18-12/h4-7H,8H2,1-3H3,(H,16,17,18). The van der Waals surface area contributed by atoms with Gasteiger partial charge >= 0.3 is 0 Å². The van der Waals surface area contributed by atoms with E-state index in [9.17, 15) is 4.39 Å². The van der Waals surface area contributed by atoms with E-state index in [4.69, 9.17) is 0 Å². The Hall–Kier alpha value is -1.97. The second-order valence-electron chi connectivity index (χ2n) is 4.30. The van der Waals surface area contributed by atoms with E-state index in [0.29, 0.717) is 17.9 Å². The average Bonchev–Trinajstić information content (AvgIpc) is 2.33. The highest BCUT2D eigenvalue weighted by atomic mass is 19.1. The monoisotopic (exact) mass is 245 g/mol. The molecular weight excluding hydrogens is 229 g/mol. The highest BCUT2D eigenvalue weighted by molar-refractivity contribution is 5.38. The van der Waals surface area contributed by atoms with Crippen molar-refractivity contribution in [3.8, 4) is 0 Å². The first-order valence-corrected chi connectivity index (χ1v) is 5.86. The lowest BCUT2D eigenvalue weighted by Crippen LogP contribution is -2.06. The molecule has 0 aliphatic carbocycles. The summed E-state index contributed by atoms with van der Waals surface area (Å²) < 4.78 is 13.6. The number of rotatable bonds is 3. The predicted molar refractivity (Wildman–Crippen MR) is 70.3 cm³/mol. The third-order valence-electron chi connectivity index (χ3n) is 2.74. The molecule has 0 aliphatic rings. The van der Waals surface area contributed by atoms with Gasteiger partial charge in [0.1, 0.15) is 5.82 Å². The summed E-state index contributed by atoms with van der Waals surface area (Å²) in [7, 11) is 1.65. The van der Waals surface area contributed by atoms with Crippen LogP contribution in [0.4, 0.5) is 10.2 Å². The minimum Gasteiger partial charge on any atom is -0.371 e. The van der Waals surface area contributed by atoms with Crippen molar-refractivity contribution in [1.82, 2.24) is 9.97 Å². The number of aromatic nitrogens is 2. The molecule has 0 atom stereocenters. The summed E-state index contributed by atoms with van der Waals surface area (Å²) in [6.45, 7) is 3.69. The van der Waals surface area contributed by atoms with Crippen LogP contribution < -0.4 is 5.32 Å². The molecule has 1 aromatic heterocycles. The van der Waals surface area contributed by atoms with Gasteiger partial charge in [0.05, 0.1) is 5.69 Å². The van der Waals surface area contributed by atoms with Crippen LogP contribution in [0.2, 0.25) is 0 Å². The Kier molecular flexibility index (Phi) is 3.55. The van der Waals surface area contributed by atoms with Crippen LogP contribution in [-0.4, -0.2) is 17.0 Å². The Labute approximate surface area is 106 Å². The molecule has 0 fully saturated rings. The number of anilines is 1. The van der Waals surface area contributed by atoms with Crippen molar-refractivity contribution in [1.29, 1.82) is 0 Å². The van der Waals surface area contributed by atoms with Crippen LogP contribution in [0.5, 0.6) is 0 Å². The minimum absolute atomic E-state index is 0.255. The molecule has 1 aromatic carbocycles. The molecule has 0 aliphatic heterocycles. The van der Waals surface area contributed by atoms with Gasteiger partial charge < -0.3 is 5.32 Å². The van der Waals surface area contributed by atoms with Crippen LogP contribution in [0.3, 0.4) is 0 Å². The molecule has 0 amide bonds. The zero-order valence-electron chi connectivity index (χ0n) is 10.8. The normalized spacial score (nSPS) is 10.4. The second kappa shape index (κ2) is 5.12. The van der Waals surface area contributed by atoms with Crippen molar-refractivity contribution in [2.75, 3.05) is 12.4 Å². The zero-order valence-corrected chi connectivity index (χ0v) is 10.8. The smallest absolute Gasteiger partial charge is 0.186 e. The number of hydrogen-bond acceptors (Lipinski definition) is 3. The average molecular weight is 245 g/mol. The van der Waals surface area contributed by atoms with Crippen LogP contribution in [0, 0.1) is 19.7 Å². The maximum atomic E-state index is 13.6. The fourth-order valence-corrected chi connectivity index (χ4v) is 1.87. The summed E-state index contributed by atoms with van der Waals surface area (Å²) in [4.78, 5) is 8.36. The highest BCUT2D eigenvalue weighted by Crippen LogP contribution is 2.15. The number of hydrogen-bond donors (Lipinski definition) is 1.